The van der Waals surface area contributed by atoms with Crippen molar-refractivity contribution in [2.45, 2.75) is 37.3 Å². The van der Waals surface area contributed by atoms with Crippen molar-refractivity contribution in [3.8, 4) is 0 Å². The summed E-state index contributed by atoms with van der Waals surface area (Å²) in [5, 5.41) is 5.68. The van der Waals surface area contributed by atoms with Gasteiger partial charge in [-0.05, 0) is 42.7 Å². The maximum atomic E-state index is 13.0. The minimum Gasteiger partial charge on any atom is -0.350 e. The van der Waals surface area contributed by atoms with E-state index in [2.05, 4.69) is 10.6 Å². The zero-order chi connectivity index (χ0) is 17.6. The smallest absolute Gasteiger partial charge is 0.325 e. The number of hydrogen-bond acceptors (Lipinski definition) is 4. The Morgan fingerprint density at radius 1 is 1.35 bits per heavy atom. The second kappa shape index (κ2) is 6.89. The normalized spacial score (nSPS) is 24.9. The molecule has 3 aliphatic rings. The average molecular weight is 379 g/mol. The van der Waals surface area contributed by atoms with E-state index >= 15 is 0 Å². The fourth-order valence-corrected chi connectivity index (χ4v) is 4.00. The van der Waals surface area contributed by atoms with Crippen LogP contribution in [0.2, 0.25) is 0 Å². The lowest BCUT2D eigenvalue weighted by molar-refractivity contribution is -0.135. The molecule has 4 amide bonds. The van der Waals surface area contributed by atoms with Crippen molar-refractivity contribution in [2.24, 2.45) is 11.7 Å². The number of amides is 4. The highest BCUT2D eigenvalue weighted by Gasteiger charge is 2.55. The van der Waals surface area contributed by atoms with Crippen molar-refractivity contribution < 1.29 is 14.4 Å². The highest BCUT2D eigenvalue weighted by Crippen LogP contribution is 2.41. The number of rotatable bonds is 5. The topological polar surface area (TPSA) is 105 Å². The number of nitrogens with two attached hydrogens (primary N) is 1. The lowest BCUT2D eigenvalue weighted by Crippen LogP contribution is -2.48. The van der Waals surface area contributed by atoms with E-state index in [1.165, 1.54) is 0 Å². The summed E-state index contributed by atoms with van der Waals surface area (Å²) in [5.74, 6) is -0.257. The molecule has 7 nitrogen and oxygen atoms in total. The molecule has 4 N–H and O–H groups in total. The van der Waals surface area contributed by atoms with Gasteiger partial charge in [-0.15, -0.1) is 12.4 Å². The minimum atomic E-state index is -1.02. The van der Waals surface area contributed by atoms with Gasteiger partial charge in [0.2, 0.25) is 5.91 Å². The summed E-state index contributed by atoms with van der Waals surface area (Å²) >= 11 is 0. The van der Waals surface area contributed by atoms with Gasteiger partial charge in [0.25, 0.3) is 5.91 Å². The SMILES string of the molecule is Cl.NCC(NC(=O)CN1C(=O)NC2(CCc3ccccc32)C1=O)C1CC1. The number of fused-ring (bicyclic) bond motifs is 2. The van der Waals surface area contributed by atoms with Crippen LogP contribution in [0.5, 0.6) is 0 Å². The van der Waals surface area contributed by atoms with Crippen molar-refractivity contribution in [3.63, 3.8) is 0 Å². The molecule has 8 heteroatoms. The van der Waals surface area contributed by atoms with Crippen molar-refractivity contribution in [1.29, 1.82) is 0 Å². The third kappa shape index (κ3) is 2.95. The van der Waals surface area contributed by atoms with E-state index < -0.39 is 11.6 Å². The summed E-state index contributed by atoms with van der Waals surface area (Å²) in [4.78, 5) is 38.7. The predicted octanol–water partition coefficient (Wildman–Crippen LogP) is 0.655. The molecule has 140 valence electrons. The van der Waals surface area contributed by atoms with Crippen LogP contribution >= 0.6 is 12.4 Å². The molecule has 1 saturated carbocycles. The first-order chi connectivity index (χ1) is 12.0. The van der Waals surface area contributed by atoms with Crippen molar-refractivity contribution in [2.75, 3.05) is 13.1 Å². The number of carbonyl (C=O) groups excluding carboxylic acids is 3. The Labute approximate surface area is 158 Å². The van der Waals surface area contributed by atoms with Gasteiger partial charge in [0.05, 0.1) is 0 Å². The molecule has 2 unspecified atom stereocenters. The number of carbonyl (C=O) groups is 3. The lowest BCUT2D eigenvalue weighted by Gasteiger charge is -2.22. The second-order valence-corrected chi connectivity index (χ2v) is 7.13. The Bertz CT molecular complexity index is 752. The monoisotopic (exact) mass is 378 g/mol. The molecule has 0 radical (unpaired) electrons. The zero-order valence-corrected chi connectivity index (χ0v) is 15.2. The first kappa shape index (κ1) is 18.7. The van der Waals surface area contributed by atoms with Crippen LogP contribution in [0.3, 0.4) is 0 Å². The summed E-state index contributed by atoms with van der Waals surface area (Å²) in [6, 6.07) is 7.06. The van der Waals surface area contributed by atoms with E-state index in [0.29, 0.717) is 18.9 Å². The van der Waals surface area contributed by atoms with Crippen molar-refractivity contribution in [3.05, 3.63) is 35.4 Å². The third-order valence-corrected chi connectivity index (χ3v) is 5.52. The van der Waals surface area contributed by atoms with Gasteiger partial charge in [-0.1, -0.05) is 24.3 Å². The molecule has 1 aromatic carbocycles. The van der Waals surface area contributed by atoms with E-state index in [-0.39, 0.29) is 36.8 Å². The zero-order valence-electron chi connectivity index (χ0n) is 14.4. The quantitative estimate of drug-likeness (QED) is 0.654. The number of urea groups is 1. The van der Waals surface area contributed by atoms with Crippen molar-refractivity contribution >= 4 is 30.3 Å². The van der Waals surface area contributed by atoms with Crippen LogP contribution in [-0.4, -0.2) is 41.9 Å². The van der Waals surface area contributed by atoms with Gasteiger partial charge in [-0.2, -0.15) is 0 Å². The molecule has 0 bridgehead atoms. The number of imide groups is 1. The summed E-state index contributed by atoms with van der Waals surface area (Å²) in [7, 11) is 0. The highest BCUT2D eigenvalue weighted by molar-refractivity contribution is 6.09. The molecule has 0 aromatic heterocycles. The summed E-state index contributed by atoms with van der Waals surface area (Å²) < 4.78 is 0. The van der Waals surface area contributed by atoms with Gasteiger partial charge in [-0.25, -0.2) is 4.79 Å². The number of nitrogens with one attached hydrogen (secondary N) is 2. The van der Waals surface area contributed by atoms with Gasteiger partial charge < -0.3 is 16.4 Å². The fourth-order valence-electron chi connectivity index (χ4n) is 4.00. The van der Waals surface area contributed by atoms with E-state index in [4.69, 9.17) is 5.73 Å². The largest absolute Gasteiger partial charge is 0.350 e. The highest BCUT2D eigenvalue weighted by atomic mass is 35.5. The van der Waals surface area contributed by atoms with E-state index in [0.717, 1.165) is 35.3 Å². The predicted molar refractivity (Wildman–Crippen MR) is 97.6 cm³/mol. The van der Waals surface area contributed by atoms with Gasteiger partial charge in [-0.3, -0.25) is 14.5 Å². The molecule has 1 heterocycles. The molecule has 1 aliphatic heterocycles. The number of hydrogen-bond donors (Lipinski definition) is 3. The summed E-state index contributed by atoms with van der Waals surface area (Å²) in [5.41, 5.74) is 6.59. The number of nitrogens with zero attached hydrogens (tertiary/aromatic N) is 1. The first-order valence-corrected chi connectivity index (χ1v) is 8.77. The Morgan fingerprint density at radius 3 is 2.77 bits per heavy atom. The van der Waals surface area contributed by atoms with Gasteiger partial charge in [0.15, 0.2) is 0 Å². The van der Waals surface area contributed by atoms with E-state index in [1.54, 1.807) is 0 Å². The Hall–Kier alpha value is -2.12. The molecule has 26 heavy (non-hydrogen) atoms. The van der Waals surface area contributed by atoms with Crippen LogP contribution in [0, 0.1) is 5.92 Å². The molecular weight excluding hydrogens is 356 g/mol. The molecule has 2 aliphatic carbocycles. The van der Waals surface area contributed by atoms with E-state index in [9.17, 15) is 14.4 Å². The lowest BCUT2D eigenvalue weighted by atomic mass is 9.92. The van der Waals surface area contributed by atoms with Crippen LogP contribution in [0.4, 0.5) is 4.79 Å². The molecule has 4 rings (SSSR count). The number of aryl methyl sites for hydroxylation is 1. The third-order valence-electron chi connectivity index (χ3n) is 5.52. The molecule has 2 fully saturated rings. The maximum Gasteiger partial charge on any atom is 0.325 e. The van der Waals surface area contributed by atoms with Gasteiger partial charge in [0, 0.05) is 12.6 Å². The van der Waals surface area contributed by atoms with Crippen molar-refractivity contribution in [1.82, 2.24) is 15.5 Å². The molecule has 1 saturated heterocycles. The standard InChI is InChI=1S/C18H22N4O3.ClH/c19-9-14(12-5-6-12)20-15(23)10-22-16(24)18(21-17(22)25)8-7-11-3-1-2-4-13(11)18;/h1-4,12,14H,5-10,19H2,(H,20,23)(H,21,25);1H. The second-order valence-electron chi connectivity index (χ2n) is 7.13. The Morgan fingerprint density at radius 2 is 2.08 bits per heavy atom. The van der Waals surface area contributed by atoms with Crippen LogP contribution in [0.1, 0.15) is 30.4 Å². The summed E-state index contributed by atoms with van der Waals surface area (Å²) in [6.45, 7) is 0.103. The minimum absolute atomic E-state index is 0. The van der Waals surface area contributed by atoms with Gasteiger partial charge >= 0.3 is 6.03 Å². The van der Waals surface area contributed by atoms with Crippen LogP contribution in [0.25, 0.3) is 0 Å². The summed E-state index contributed by atoms with van der Waals surface area (Å²) in [6.07, 6.45) is 3.39. The first-order valence-electron chi connectivity index (χ1n) is 8.77. The molecular formula is C18H23ClN4O3. The van der Waals surface area contributed by atoms with Crippen LogP contribution < -0.4 is 16.4 Å². The van der Waals surface area contributed by atoms with Crippen LogP contribution in [0.15, 0.2) is 24.3 Å². The maximum absolute atomic E-state index is 13.0. The number of halogens is 1. The van der Waals surface area contributed by atoms with Crippen LogP contribution in [-0.2, 0) is 21.5 Å². The average Bonchev–Trinajstić information content (AvgIpc) is 3.35. The molecule has 1 spiro atoms. The van der Waals surface area contributed by atoms with E-state index in [1.807, 2.05) is 24.3 Å². The molecule has 2 atom stereocenters. The molecule has 1 aromatic rings. The number of benzene rings is 1. The fraction of sp³-hybridized carbons (Fsp3) is 0.500. The Kier molecular flexibility index (Phi) is 4.94. The Balaban J connectivity index is 0.00000196. The van der Waals surface area contributed by atoms with Gasteiger partial charge in [0.1, 0.15) is 12.1 Å².